The lowest BCUT2D eigenvalue weighted by atomic mass is 10.2. The van der Waals surface area contributed by atoms with E-state index in [2.05, 4.69) is 32.0 Å². The second-order valence-electron chi connectivity index (χ2n) is 9.26. The Labute approximate surface area is 228 Å². The molecule has 11 heteroatoms. The third-order valence-electron chi connectivity index (χ3n) is 6.48. The highest BCUT2D eigenvalue weighted by molar-refractivity contribution is 5.84. The fourth-order valence-electron chi connectivity index (χ4n) is 4.42. The van der Waals surface area contributed by atoms with Gasteiger partial charge in [-0.2, -0.15) is 4.98 Å². The fraction of sp³-hybridized carbons (Fsp3) is 0.393. The van der Waals surface area contributed by atoms with Crippen LogP contribution in [0.1, 0.15) is 18.9 Å². The van der Waals surface area contributed by atoms with Crippen LogP contribution in [0.25, 0.3) is 0 Å². The predicted octanol–water partition coefficient (Wildman–Crippen LogP) is 4.46. The average molecular weight is 539 g/mol. The van der Waals surface area contributed by atoms with Crippen molar-refractivity contribution >= 4 is 23.5 Å². The number of methoxy groups -OCH3 is 1. The molecule has 2 N–H and O–H groups in total. The van der Waals surface area contributed by atoms with Crippen LogP contribution in [0.2, 0.25) is 0 Å². The maximum absolute atomic E-state index is 14.7. The summed E-state index contributed by atoms with van der Waals surface area (Å²) in [6.45, 7) is 8.63. The topological polar surface area (TPSA) is 103 Å². The molecule has 0 bridgehead atoms. The Hall–Kier alpha value is -3.96. The van der Waals surface area contributed by atoms with Gasteiger partial charge in [-0.3, -0.25) is 9.80 Å². The van der Waals surface area contributed by atoms with E-state index in [9.17, 15) is 14.3 Å². The van der Waals surface area contributed by atoms with Crippen LogP contribution in [0, 0.1) is 5.82 Å². The number of hydrogen-bond donors (Lipinski definition) is 2. The number of hydrogen-bond acceptors (Lipinski definition) is 8. The largest absolute Gasteiger partial charge is 0.497 e. The first kappa shape index (κ1) is 28.1. The van der Waals surface area contributed by atoms with Gasteiger partial charge in [0.25, 0.3) is 0 Å². The van der Waals surface area contributed by atoms with E-state index >= 15 is 0 Å². The number of carbonyl (C=O) groups is 1. The van der Waals surface area contributed by atoms with Crippen molar-refractivity contribution in [2.45, 2.75) is 19.9 Å². The molecule has 4 rings (SSSR count). The number of benzene rings is 2. The summed E-state index contributed by atoms with van der Waals surface area (Å²) >= 11 is 0. The van der Waals surface area contributed by atoms with E-state index < -0.39 is 11.9 Å². The molecule has 0 saturated carbocycles. The van der Waals surface area contributed by atoms with Gasteiger partial charge in [-0.15, -0.1) is 0 Å². The molecule has 0 spiro atoms. The fourth-order valence-corrected chi connectivity index (χ4v) is 4.42. The Morgan fingerprint density at radius 2 is 1.87 bits per heavy atom. The van der Waals surface area contributed by atoms with Gasteiger partial charge >= 0.3 is 6.09 Å². The van der Waals surface area contributed by atoms with E-state index in [1.54, 1.807) is 43.5 Å². The lowest BCUT2D eigenvalue weighted by Crippen LogP contribution is -2.47. The van der Waals surface area contributed by atoms with Crippen molar-refractivity contribution in [3.63, 3.8) is 0 Å². The minimum atomic E-state index is -1.17. The van der Waals surface area contributed by atoms with E-state index in [1.165, 1.54) is 18.3 Å². The highest BCUT2D eigenvalue weighted by Crippen LogP contribution is 2.24. The third-order valence-corrected chi connectivity index (χ3v) is 6.48. The van der Waals surface area contributed by atoms with Crippen molar-refractivity contribution in [3.05, 3.63) is 66.1 Å². The van der Waals surface area contributed by atoms with Crippen LogP contribution in [0.4, 0.5) is 26.6 Å². The molecule has 39 heavy (non-hydrogen) atoms. The van der Waals surface area contributed by atoms with Crippen molar-refractivity contribution in [1.29, 1.82) is 0 Å². The lowest BCUT2D eigenvalue weighted by molar-refractivity contribution is 0.116. The van der Waals surface area contributed by atoms with Gasteiger partial charge in [0.05, 0.1) is 13.7 Å². The first-order valence-electron chi connectivity index (χ1n) is 13.1. The van der Waals surface area contributed by atoms with E-state index in [1.807, 2.05) is 0 Å². The Balaban J connectivity index is 1.34. The van der Waals surface area contributed by atoms with E-state index in [0.29, 0.717) is 18.0 Å². The summed E-state index contributed by atoms with van der Waals surface area (Å²) in [4.78, 5) is 26.4. The van der Waals surface area contributed by atoms with Crippen molar-refractivity contribution in [2.75, 3.05) is 63.2 Å². The smallest absolute Gasteiger partial charge is 0.413 e. The number of ether oxygens (including phenoxy) is 2. The Morgan fingerprint density at radius 1 is 1.10 bits per heavy atom. The van der Waals surface area contributed by atoms with Gasteiger partial charge in [0.1, 0.15) is 18.2 Å². The Morgan fingerprint density at radius 3 is 2.56 bits per heavy atom. The van der Waals surface area contributed by atoms with Gasteiger partial charge in [-0.1, -0.05) is 19.1 Å². The van der Waals surface area contributed by atoms with Crippen LogP contribution in [-0.4, -0.2) is 84.0 Å². The normalized spacial score (nSPS) is 14.1. The van der Waals surface area contributed by atoms with Crippen molar-refractivity contribution < 1.29 is 23.8 Å². The molecule has 1 saturated heterocycles. The third kappa shape index (κ3) is 8.01. The number of carboxylic acid groups (broad SMARTS) is 1. The molecular formula is C28H35FN6O4. The lowest BCUT2D eigenvalue weighted by Gasteiger charge is -2.34. The zero-order valence-corrected chi connectivity index (χ0v) is 22.3. The average Bonchev–Trinajstić information content (AvgIpc) is 2.94. The Bertz CT molecular complexity index is 1240. The molecule has 208 valence electrons. The second-order valence-corrected chi connectivity index (χ2v) is 9.26. The van der Waals surface area contributed by atoms with E-state index in [-0.39, 0.29) is 24.1 Å². The SMILES string of the molecule is CCCN1CCN(CCOc2ccc(Nc3nccc(N(Cc4cccc(OC)c4)C(=O)O)n3)cc2F)CC1. The monoisotopic (exact) mass is 538 g/mol. The van der Waals surface area contributed by atoms with Gasteiger partial charge in [0, 0.05) is 50.7 Å². The molecule has 3 aromatic rings. The number of nitrogens with zero attached hydrogens (tertiary/aromatic N) is 5. The standard InChI is InChI=1S/C28H35FN6O4/c1-3-11-33-12-14-34(15-13-33)16-17-39-25-8-7-22(19-24(25)29)31-27-30-10-9-26(32-27)35(28(36)37)20-21-5-4-6-23(18-21)38-2/h4-10,18-19H,3,11-17,20H2,1-2H3,(H,36,37)(H,30,31,32). The van der Waals surface area contributed by atoms with E-state index in [4.69, 9.17) is 9.47 Å². The molecule has 1 amide bonds. The van der Waals surface area contributed by atoms with Gasteiger partial charge < -0.3 is 24.8 Å². The number of anilines is 3. The van der Waals surface area contributed by atoms with Crippen molar-refractivity contribution in [3.8, 4) is 11.5 Å². The number of amides is 1. The summed E-state index contributed by atoms with van der Waals surface area (Å²) < 4.78 is 25.7. The van der Waals surface area contributed by atoms with Gasteiger partial charge in [0.2, 0.25) is 5.95 Å². The number of piperazine rings is 1. The number of rotatable bonds is 12. The van der Waals surface area contributed by atoms with Crippen LogP contribution in [0.15, 0.2) is 54.7 Å². The molecule has 0 radical (unpaired) electrons. The Kier molecular flexibility index (Phi) is 9.87. The number of nitrogens with one attached hydrogen (secondary N) is 1. The zero-order valence-electron chi connectivity index (χ0n) is 22.3. The van der Waals surface area contributed by atoms with Gasteiger partial charge in [0.15, 0.2) is 11.6 Å². The van der Waals surface area contributed by atoms with Crippen LogP contribution >= 0.6 is 0 Å². The summed E-state index contributed by atoms with van der Waals surface area (Å²) in [7, 11) is 1.55. The molecule has 0 unspecified atom stereocenters. The quantitative estimate of drug-likeness (QED) is 0.346. The highest BCUT2D eigenvalue weighted by Gasteiger charge is 2.18. The number of aromatic nitrogens is 2. The molecular weight excluding hydrogens is 503 g/mol. The summed E-state index contributed by atoms with van der Waals surface area (Å²) in [6.07, 6.45) is 1.44. The summed E-state index contributed by atoms with van der Waals surface area (Å²) in [5, 5.41) is 12.7. The van der Waals surface area contributed by atoms with Gasteiger partial charge in [-0.05, 0) is 48.9 Å². The van der Waals surface area contributed by atoms with Crippen molar-refractivity contribution in [2.24, 2.45) is 0 Å². The first-order valence-corrected chi connectivity index (χ1v) is 13.1. The molecule has 10 nitrogen and oxygen atoms in total. The minimum Gasteiger partial charge on any atom is -0.497 e. The molecule has 1 fully saturated rings. The van der Waals surface area contributed by atoms with Crippen molar-refractivity contribution in [1.82, 2.24) is 19.8 Å². The predicted molar refractivity (Wildman–Crippen MR) is 148 cm³/mol. The summed E-state index contributed by atoms with van der Waals surface area (Å²) in [5.41, 5.74) is 1.15. The number of halogens is 1. The van der Waals surface area contributed by atoms with Crippen LogP contribution in [0.3, 0.4) is 0 Å². The minimum absolute atomic E-state index is 0.0675. The molecule has 1 aliphatic heterocycles. The summed E-state index contributed by atoms with van der Waals surface area (Å²) in [6, 6.07) is 13.2. The van der Waals surface area contributed by atoms with Crippen LogP contribution in [-0.2, 0) is 6.54 Å². The summed E-state index contributed by atoms with van der Waals surface area (Å²) in [5.74, 6) is 0.616. The zero-order chi connectivity index (χ0) is 27.6. The molecule has 0 atom stereocenters. The molecule has 2 aromatic carbocycles. The van der Waals surface area contributed by atoms with E-state index in [0.717, 1.165) is 56.2 Å². The van der Waals surface area contributed by atoms with Gasteiger partial charge in [-0.25, -0.2) is 14.2 Å². The molecule has 2 heterocycles. The van der Waals surface area contributed by atoms with Crippen LogP contribution < -0.4 is 19.7 Å². The second kappa shape index (κ2) is 13.7. The maximum Gasteiger partial charge on any atom is 0.413 e. The highest BCUT2D eigenvalue weighted by atomic mass is 19.1. The molecule has 1 aliphatic rings. The maximum atomic E-state index is 14.7. The molecule has 1 aromatic heterocycles. The first-order chi connectivity index (χ1) is 18.9. The van der Waals surface area contributed by atoms with Crippen LogP contribution in [0.5, 0.6) is 11.5 Å². The molecule has 0 aliphatic carbocycles.